The molecular weight excluding hydrogens is 241 g/mol. The van der Waals surface area contributed by atoms with Crippen LogP contribution in [-0.4, -0.2) is 6.29 Å². The molecule has 0 aromatic heterocycles. The number of hydrogen-bond donors (Lipinski definition) is 0. The lowest BCUT2D eigenvalue weighted by Crippen LogP contribution is -2.04. The van der Waals surface area contributed by atoms with Gasteiger partial charge in [0.15, 0.2) is 0 Å². The molecule has 0 unspecified atom stereocenters. The molecule has 1 rings (SSSR count). The highest BCUT2D eigenvalue weighted by atomic mass is 35.5. The van der Waals surface area contributed by atoms with Gasteiger partial charge in [-0.05, 0) is 23.8 Å². The molecule has 0 bridgehead atoms. The van der Waals surface area contributed by atoms with Gasteiger partial charge in [0.1, 0.15) is 6.29 Å². The minimum absolute atomic E-state index is 0.0144. The second kappa shape index (κ2) is 5.16. The highest BCUT2D eigenvalue weighted by Crippen LogP contribution is 2.32. The van der Waals surface area contributed by atoms with E-state index in [0.29, 0.717) is 11.8 Å². The summed E-state index contributed by atoms with van der Waals surface area (Å²) in [4.78, 5) is 10.0. The summed E-state index contributed by atoms with van der Waals surface area (Å²) in [5, 5.41) is 0.0144. The van der Waals surface area contributed by atoms with Crippen LogP contribution in [0.3, 0.4) is 0 Å². The topological polar surface area (TPSA) is 17.1 Å². The quantitative estimate of drug-likeness (QED) is 0.740. The van der Waals surface area contributed by atoms with E-state index in [4.69, 9.17) is 11.6 Å². The van der Waals surface area contributed by atoms with Gasteiger partial charge in [-0.3, -0.25) is 0 Å². The molecule has 0 aliphatic carbocycles. The molecule has 0 saturated heterocycles. The summed E-state index contributed by atoms with van der Waals surface area (Å²) < 4.78 is 37.2. The number of carbonyl (C=O) groups excluding carboxylic acids is 1. The molecule has 0 aliphatic rings. The van der Waals surface area contributed by atoms with Gasteiger partial charge in [0.2, 0.25) is 0 Å². The molecule has 0 fully saturated rings. The van der Waals surface area contributed by atoms with Gasteiger partial charge in [0.25, 0.3) is 0 Å². The van der Waals surface area contributed by atoms with Crippen LogP contribution in [-0.2, 0) is 11.0 Å². The number of alkyl halides is 3. The Morgan fingerprint density at radius 1 is 1.25 bits per heavy atom. The van der Waals surface area contributed by atoms with Crippen LogP contribution < -0.4 is 0 Å². The minimum atomic E-state index is -4.42. The van der Waals surface area contributed by atoms with Crippen molar-refractivity contribution in [3.63, 3.8) is 0 Å². The molecule has 16 heavy (non-hydrogen) atoms. The fourth-order valence-electron chi connectivity index (χ4n) is 1.13. The third-order valence-corrected chi connectivity index (χ3v) is 2.01. The van der Waals surface area contributed by atoms with E-state index in [1.54, 1.807) is 0 Å². The summed E-state index contributed by atoms with van der Waals surface area (Å²) in [6.45, 7) is 0. The first-order valence-corrected chi connectivity index (χ1v) is 4.79. The van der Waals surface area contributed by atoms with E-state index in [-0.39, 0.29) is 11.4 Å². The molecule has 86 valence electrons. The van der Waals surface area contributed by atoms with E-state index in [1.807, 2.05) is 0 Å². The van der Waals surface area contributed by atoms with Crippen molar-refractivity contribution in [3.05, 3.63) is 40.4 Å². The fraction of sp³-hybridized carbons (Fsp3) is 0.182. The van der Waals surface area contributed by atoms with Crippen LogP contribution in [0.2, 0.25) is 5.02 Å². The first kappa shape index (κ1) is 12.8. The second-order valence-electron chi connectivity index (χ2n) is 3.08. The summed E-state index contributed by atoms with van der Waals surface area (Å²) in [7, 11) is 0. The number of rotatable bonds is 3. The average molecular weight is 249 g/mol. The number of hydrogen-bond acceptors (Lipinski definition) is 1. The SMILES string of the molecule is O=CCC=Cc1cc(Cl)cc(C(F)(F)F)c1. The van der Waals surface area contributed by atoms with Gasteiger partial charge in [-0.25, -0.2) is 0 Å². The molecule has 0 radical (unpaired) electrons. The van der Waals surface area contributed by atoms with Crippen LogP contribution in [0.15, 0.2) is 24.3 Å². The number of halogens is 4. The van der Waals surface area contributed by atoms with Crippen LogP contribution >= 0.6 is 11.6 Å². The van der Waals surface area contributed by atoms with E-state index in [0.717, 1.165) is 12.1 Å². The molecule has 1 aromatic carbocycles. The normalized spacial score (nSPS) is 12.0. The number of carbonyl (C=O) groups is 1. The van der Waals surface area contributed by atoms with Crippen molar-refractivity contribution in [2.24, 2.45) is 0 Å². The zero-order chi connectivity index (χ0) is 12.2. The predicted molar refractivity (Wildman–Crippen MR) is 56.2 cm³/mol. The van der Waals surface area contributed by atoms with Crippen LogP contribution in [0.5, 0.6) is 0 Å². The standard InChI is InChI=1S/C11H8ClF3O/c12-10-6-8(3-1-2-4-16)5-9(7-10)11(13,14)15/h1,3-7H,2H2. The van der Waals surface area contributed by atoms with E-state index >= 15 is 0 Å². The summed E-state index contributed by atoms with van der Waals surface area (Å²) in [6, 6.07) is 3.24. The number of aldehydes is 1. The van der Waals surface area contributed by atoms with Gasteiger partial charge in [-0.1, -0.05) is 23.8 Å². The molecule has 0 heterocycles. The molecule has 0 amide bonds. The van der Waals surface area contributed by atoms with Crippen molar-refractivity contribution in [3.8, 4) is 0 Å². The maximum Gasteiger partial charge on any atom is 0.416 e. The Balaban J connectivity index is 3.03. The van der Waals surface area contributed by atoms with Gasteiger partial charge >= 0.3 is 6.18 Å². The van der Waals surface area contributed by atoms with Crippen molar-refractivity contribution >= 4 is 24.0 Å². The van der Waals surface area contributed by atoms with Gasteiger partial charge in [0, 0.05) is 11.4 Å². The predicted octanol–water partition coefficient (Wildman–Crippen LogP) is 3.96. The van der Waals surface area contributed by atoms with Crippen molar-refractivity contribution in [1.29, 1.82) is 0 Å². The summed E-state index contributed by atoms with van der Waals surface area (Å²) >= 11 is 5.57. The molecule has 1 nitrogen and oxygen atoms in total. The Bertz CT molecular complexity index is 410. The van der Waals surface area contributed by atoms with Crippen LogP contribution in [0.4, 0.5) is 13.2 Å². The number of benzene rings is 1. The highest BCUT2D eigenvalue weighted by molar-refractivity contribution is 6.30. The second-order valence-corrected chi connectivity index (χ2v) is 3.51. The third-order valence-electron chi connectivity index (χ3n) is 1.79. The Hall–Kier alpha value is -1.29. The van der Waals surface area contributed by atoms with E-state index in [9.17, 15) is 18.0 Å². The first-order valence-electron chi connectivity index (χ1n) is 4.41. The van der Waals surface area contributed by atoms with E-state index in [2.05, 4.69) is 0 Å². The maximum atomic E-state index is 12.4. The van der Waals surface area contributed by atoms with Crippen molar-refractivity contribution in [2.45, 2.75) is 12.6 Å². The number of allylic oxidation sites excluding steroid dienone is 1. The largest absolute Gasteiger partial charge is 0.416 e. The molecule has 0 saturated carbocycles. The molecule has 0 spiro atoms. The summed E-state index contributed by atoms with van der Waals surface area (Å²) in [5.74, 6) is 0. The minimum Gasteiger partial charge on any atom is -0.303 e. The Labute approximate surface area is 95.5 Å². The van der Waals surface area contributed by atoms with Gasteiger partial charge in [-0.2, -0.15) is 13.2 Å². The van der Waals surface area contributed by atoms with Gasteiger partial charge < -0.3 is 4.79 Å². The molecule has 5 heteroatoms. The van der Waals surface area contributed by atoms with Crippen molar-refractivity contribution in [2.75, 3.05) is 0 Å². The van der Waals surface area contributed by atoms with E-state index < -0.39 is 11.7 Å². The van der Waals surface area contributed by atoms with Crippen LogP contribution in [0, 0.1) is 0 Å². The first-order chi connectivity index (χ1) is 7.43. The molecular formula is C11H8ClF3O. The summed E-state index contributed by atoms with van der Waals surface area (Å²) in [6.07, 6.45) is -0.702. The maximum absolute atomic E-state index is 12.4. The van der Waals surface area contributed by atoms with Gasteiger partial charge in [-0.15, -0.1) is 0 Å². The molecule has 0 aliphatic heterocycles. The zero-order valence-electron chi connectivity index (χ0n) is 8.09. The molecule has 0 N–H and O–H groups in total. The van der Waals surface area contributed by atoms with Gasteiger partial charge in [0.05, 0.1) is 5.56 Å². The smallest absolute Gasteiger partial charge is 0.303 e. The zero-order valence-corrected chi connectivity index (χ0v) is 8.85. The van der Waals surface area contributed by atoms with Crippen LogP contribution in [0.25, 0.3) is 6.08 Å². The highest BCUT2D eigenvalue weighted by Gasteiger charge is 2.30. The van der Waals surface area contributed by atoms with Crippen molar-refractivity contribution < 1.29 is 18.0 Å². The van der Waals surface area contributed by atoms with Crippen LogP contribution in [0.1, 0.15) is 17.5 Å². The lowest BCUT2D eigenvalue weighted by atomic mass is 10.1. The summed E-state index contributed by atoms with van der Waals surface area (Å²) in [5.41, 5.74) is -0.479. The monoisotopic (exact) mass is 248 g/mol. The molecule has 1 aromatic rings. The molecule has 0 atom stereocenters. The van der Waals surface area contributed by atoms with Crippen molar-refractivity contribution in [1.82, 2.24) is 0 Å². The lowest BCUT2D eigenvalue weighted by molar-refractivity contribution is -0.137. The van der Waals surface area contributed by atoms with E-state index in [1.165, 1.54) is 18.2 Å². The third kappa shape index (κ3) is 3.70. The lowest BCUT2D eigenvalue weighted by Gasteiger charge is -2.07. The fourth-order valence-corrected chi connectivity index (χ4v) is 1.38. The average Bonchev–Trinajstić information content (AvgIpc) is 2.16. The Morgan fingerprint density at radius 2 is 1.94 bits per heavy atom. The Kier molecular flexibility index (Phi) is 4.12. The Morgan fingerprint density at radius 3 is 2.50 bits per heavy atom.